The van der Waals surface area contributed by atoms with E-state index in [9.17, 15) is 13.2 Å². The second-order valence-electron chi connectivity index (χ2n) is 7.72. The summed E-state index contributed by atoms with van der Waals surface area (Å²) in [6.07, 6.45) is -1.02. The molecule has 2 aromatic rings. The number of halogens is 3. The topological polar surface area (TPSA) is 67.0 Å². The van der Waals surface area contributed by atoms with Gasteiger partial charge in [0.2, 0.25) is 0 Å². The van der Waals surface area contributed by atoms with Gasteiger partial charge in [0.25, 0.3) is 0 Å². The highest BCUT2D eigenvalue weighted by molar-refractivity contribution is 7.80. The summed E-state index contributed by atoms with van der Waals surface area (Å²) in [7, 11) is 0. The Hall–Kier alpha value is -3.17. The number of hydrogen-bond donors (Lipinski definition) is 0. The van der Waals surface area contributed by atoms with Crippen LogP contribution in [-0.4, -0.2) is 22.2 Å². The molecule has 1 aromatic carbocycles. The molecule has 0 N–H and O–H groups in total. The average Bonchev–Trinajstić information content (AvgIpc) is 2.97. The lowest BCUT2D eigenvalue weighted by Crippen LogP contribution is -2.42. The van der Waals surface area contributed by atoms with E-state index in [0.29, 0.717) is 17.8 Å². The Kier molecular flexibility index (Phi) is 6.19. The summed E-state index contributed by atoms with van der Waals surface area (Å²) >= 11 is 5.62. The van der Waals surface area contributed by atoms with E-state index < -0.39 is 22.8 Å². The Labute approximate surface area is 184 Å². The van der Waals surface area contributed by atoms with Crippen LogP contribution in [0.15, 0.2) is 36.5 Å². The number of rotatable bonds is 5. The standard InChI is InChI=1S/C22H20F3N5S/c1-21(2)20(31)29(17-8-6-15(12-27)19(11-17)22(23,24)25)14-30(21)18-9-7-16(28-13-18)5-3-4-10-26/h6-9,11,13H,3-5,14H2,1-2H3. The van der Waals surface area contributed by atoms with Crippen LogP contribution in [0.25, 0.3) is 0 Å². The van der Waals surface area contributed by atoms with E-state index in [0.717, 1.165) is 23.9 Å². The fraction of sp³-hybridized carbons (Fsp3) is 0.364. The number of nitriles is 2. The van der Waals surface area contributed by atoms with Crippen LogP contribution < -0.4 is 9.80 Å². The minimum atomic E-state index is -4.64. The molecule has 0 amide bonds. The van der Waals surface area contributed by atoms with Gasteiger partial charge in [0.15, 0.2) is 0 Å². The Bertz CT molecular complexity index is 1060. The minimum absolute atomic E-state index is 0.254. The van der Waals surface area contributed by atoms with Crippen molar-refractivity contribution in [1.29, 1.82) is 10.5 Å². The third-order valence-electron chi connectivity index (χ3n) is 5.31. The molecule has 160 valence electrons. The van der Waals surface area contributed by atoms with Gasteiger partial charge in [0.05, 0.1) is 47.4 Å². The third-order valence-corrected chi connectivity index (χ3v) is 6.03. The van der Waals surface area contributed by atoms with Gasteiger partial charge >= 0.3 is 6.18 Å². The van der Waals surface area contributed by atoms with Crippen LogP contribution in [0.3, 0.4) is 0 Å². The number of alkyl halides is 3. The minimum Gasteiger partial charge on any atom is -0.341 e. The van der Waals surface area contributed by atoms with Crippen molar-refractivity contribution in [3.05, 3.63) is 53.3 Å². The SMILES string of the molecule is CC1(C)C(=S)N(c2ccc(C#N)c(C(F)(F)F)c2)CN1c1ccc(CCCC#N)nc1. The van der Waals surface area contributed by atoms with E-state index >= 15 is 0 Å². The van der Waals surface area contributed by atoms with Gasteiger partial charge < -0.3 is 9.80 Å². The summed E-state index contributed by atoms with van der Waals surface area (Å²) in [6, 6.07) is 11.1. The predicted molar refractivity (Wildman–Crippen MR) is 115 cm³/mol. The first-order chi connectivity index (χ1) is 14.6. The fourth-order valence-electron chi connectivity index (χ4n) is 3.54. The van der Waals surface area contributed by atoms with Crippen LogP contribution in [0.2, 0.25) is 0 Å². The molecule has 1 fully saturated rings. The molecule has 0 saturated carbocycles. The summed E-state index contributed by atoms with van der Waals surface area (Å²) in [5.41, 5.74) is -0.0800. The smallest absolute Gasteiger partial charge is 0.341 e. The first-order valence-corrected chi connectivity index (χ1v) is 10.0. The molecule has 31 heavy (non-hydrogen) atoms. The largest absolute Gasteiger partial charge is 0.417 e. The quantitative estimate of drug-likeness (QED) is 0.467. The van der Waals surface area contributed by atoms with Gasteiger partial charge in [0, 0.05) is 17.8 Å². The van der Waals surface area contributed by atoms with Crippen LogP contribution >= 0.6 is 12.2 Å². The van der Waals surface area contributed by atoms with Crippen molar-refractivity contribution in [2.45, 2.75) is 44.8 Å². The Morgan fingerprint density at radius 2 is 1.87 bits per heavy atom. The van der Waals surface area contributed by atoms with Gasteiger partial charge in [-0.25, -0.2) is 0 Å². The van der Waals surface area contributed by atoms with Crippen molar-refractivity contribution in [1.82, 2.24) is 4.98 Å². The molecule has 0 spiro atoms. The maximum atomic E-state index is 13.4. The van der Waals surface area contributed by atoms with Gasteiger partial charge in [-0.15, -0.1) is 0 Å². The maximum Gasteiger partial charge on any atom is 0.417 e. The third kappa shape index (κ3) is 4.47. The predicted octanol–water partition coefficient (Wildman–Crippen LogP) is 5.21. The van der Waals surface area contributed by atoms with Crippen molar-refractivity contribution in [3.63, 3.8) is 0 Å². The zero-order valence-electron chi connectivity index (χ0n) is 17.1. The Morgan fingerprint density at radius 1 is 1.16 bits per heavy atom. The zero-order chi connectivity index (χ0) is 22.8. The second-order valence-corrected chi connectivity index (χ2v) is 8.11. The molecule has 1 saturated heterocycles. The fourth-order valence-corrected chi connectivity index (χ4v) is 3.81. The van der Waals surface area contributed by atoms with Crippen molar-refractivity contribution in [3.8, 4) is 12.1 Å². The Balaban J connectivity index is 1.89. The maximum absolute atomic E-state index is 13.4. The molecule has 3 rings (SSSR count). The highest BCUT2D eigenvalue weighted by atomic mass is 32.1. The van der Waals surface area contributed by atoms with Crippen molar-refractivity contribution >= 4 is 28.6 Å². The molecule has 0 unspecified atom stereocenters. The van der Waals surface area contributed by atoms with Gasteiger partial charge in [-0.2, -0.15) is 23.7 Å². The molecular weight excluding hydrogens is 423 g/mol. The number of thiocarbonyl (C=S) groups is 1. The molecule has 1 aliphatic heterocycles. The lowest BCUT2D eigenvalue weighted by Gasteiger charge is -2.31. The molecule has 1 aliphatic rings. The molecule has 0 atom stereocenters. The highest BCUT2D eigenvalue weighted by Gasteiger charge is 2.43. The number of aromatic nitrogens is 1. The molecule has 2 heterocycles. The van der Waals surface area contributed by atoms with E-state index in [4.69, 9.17) is 22.7 Å². The number of hydrogen-bond acceptors (Lipinski definition) is 5. The summed E-state index contributed by atoms with van der Waals surface area (Å²) in [6.45, 7) is 4.07. The normalized spacial score (nSPS) is 15.6. The average molecular weight is 443 g/mol. The second kappa shape index (κ2) is 8.52. The van der Waals surface area contributed by atoms with Crippen LogP contribution in [0.4, 0.5) is 24.5 Å². The number of benzene rings is 1. The van der Waals surface area contributed by atoms with Gasteiger partial charge in [-0.1, -0.05) is 12.2 Å². The number of nitrogens with zero attached hydrogens (tertiary/aromatic N) is 5. The number of aryl methyl sites for hydroxylation is 1. The lowest BCUT2D eigenvalue weighted by atomic mass is 10.0. The highest BCUT2D eigenvalue weighted by Crippen LogP contribution is 2.38. The molecular formula is C22H20F3N5S. The summed E-state index contributed by atoms with van der Waals surface area (Å²) < 4.78 is 40.2. The van der Waals surface area contributed by atoms with Crippen LogP contribution in [0.5, 0.6) is 0 Å². The molecule has 5 nitrogen and oxygen atoms in total. The lowest BCUT2D eigenvalue weighted by molar-refractivity contribution is -0.137. The molecule has 1 aromatic heterocycles. The molecule has 0 aliphatic carbocycles. The summed E-state index contributed by atoms with van der Waals surface area (Å²) in [5.74, 6) is 0. The first kappa shape index (κ1) is 22.5. The van der Waals surface area contributed by atoms with Crippen LogP contribution in [-0.2, 0) is 12.6 Å². The van der Waals surface area contributed by atoms with Gasteiger partial charge in [-0.05, 0) is 57.0 Å². The van der Waals surface area contributed by atoms with E-state index in [1.807, 2.05) is 30.9 Å². The number of pyridine rings is 1. The monoisotopic (exact) mass is 443 g/mol. The van der Waals surface area contributed by atoms with Crippen LogP contribution in [0.1, 0.15) is 43.5 Å². The van der Waals surface area contributed by atoms with Crippen molar-refractivity contribution in [2.24, 2.45) is 0 Å². The van der Waals surface area contributed by atoms with Gasteiger partial charge in [-0.3, -0.25) is 4.98 Å². The van der Waals surface area contributed by atoms with E-state index in [1.165, 1.54) is 12.1 Å². The van der Waals surface area contributed by atoms with Crippen molar-refractivity contribution in [2.75, 3.05) is 16.5 Å². The summed E-state index contributed by atoms with van der Waals surface area (Å²) in [4.78, 5) is 8.55. The molecule has 9 heteroatoms. The van der Waals surface area contributed by atoms with E-state index in [-0.39, 0.29) is 12.4 Å². The first-order valence-electron chi connectivity index (χ1n) is 9.62. The van der Waals surface area contributed by atoms with Crippen molar-refractivity contribution < 1.29 is 13.2 Å². The number of unbranched alkanes of at least 4 members (excludes halogenated alkanes) is 1. The van der Waals surface area contributed by atoms with E-state index in [2.05, 4.69) is 11.1 Å². The zero-order valence-corrected chi connectivity index (χ0v) is 17.9. The Morgan fingerprint density at radius 3 is 2.45 bits per heavy atom. The van der Waals surface area contributed by atoms with Gasteiger partial charge in [0.1, 0.15) is 4.99 Å². The molecule has 0 bridgehead atoms. The molecule has 0 radical (unpaired) electrons. The van der Waals surface area contributed by atoms with Crippen LogP contribution in [0, 0.1) is 22.7 Å². The number of anilines is 2. The summed E-state index contributed by atoms with van der Waals surface area (Å²) in [5, 5.41) is 17.7. The van der Waals surface area contributed by atoms with E-state index in [1.54, 1.807) is 17.2 Å².